The molecule has 1 rings (SSSR count). The maximum absolute atomic E-state index is 5.16. The van der Waals surface area contributed by atoms with Crippen LogP contribution in [0.5, 0.6) is 0 Å². The van der Waals surface area contributed by atoms with E-state index in [1.54, 1.807) is 0 Å². The largest absolute Gasteiger partial charge is 0.305 e. The second kappa shape index (κ2) is 5.84. The minimum absolute atomic E-state index is 0.494. The minimum Gasteiger partial charge on any atom is -0.305 e. The highest BCUT2D eigenvalue weighted by Gasteiger charge is 2.08. The van der Waals surface area contributed by atoms with Gasteiger partial charge in [0, 0.05) is 18.8 Å². The maximum atomic E-state index is 5.16. The van der Waals surface area contributed by atoms with E-state index < -0.39 is 0 Å². The molecule has 1 unspecified atom stereocenters. The average molecular weight is 223 g/mol. The van der Waals surface area contributed by atoms with E-state index >= 15 is 0 Å². The number of aromatic nitrogens is 2. The van der Waals surface area contributed by atoms with Gasteiger partial charge in [0.2, 0.25) is 0 Å². The van der Waals surface area contributed by atoms with E-state index in [1.165, 1.54) is 5.03 Å². The Kier molecular flexibility index (Phi) is 4.73. The minimum atomic E-state index is 0.494. The van der Waals surface area contributed by atoms with Crippen LogP contribution in [-0.4, -0.2) is 28.1 Å². The second-order valence-electron chi connectivity index (χ2n) is 3.51. The summed E-state index contributed by atoms with van der Waals surface area (Å²) in [5.41, 5.74) is 1.06. The predicted molar refractivity (Wildman–Crippen MR) is 65.0 cm³/mol. The van der Waals surface area contributed by atoms with Gasteiger partial charge in [0.15, 0.2) is 0 Å². The molecule has 82 valence electrons. The van der Waals surface area contributed by atoms with Gasteiger partial charge in [-0.05, 0) is 13.0 Å². The van der Waals surface area contributed by atoms with Gasteiger partial charge in [-0.1, -0.05) is 12.8 Å². The third kappa shape index (κ3) is 3.98. The molecule has 0 radical (unpaired) electrons. The molecule has 0 aliphatic carbocycles. The van der Waals surface area contributed by atoms with E-state index in [0.29, 0.717) is 11.8 Å². The van der Waals surface area contributed by atoms with Crippen LogP contribution in [-0.2, 0) is 7.05 Å². The van der Waals surface area contributed by atoms with Crippen molar-refractivity contribution in [2.45, 2.75) is 24.1 Å². The topological polar surface area (TPSA) is 29.9 Å². The van der Waals surface area contributed by atoms with Crippen molar-refractivity contribution in [2.75, 3.05) is 13.1 Å². The first-order chi connectivity index (χ1) is 7.13. The van der Waals surface area contributed by atoms with Gasteiger partial charge in [-0.3, -0.25) is 4.68 Å². The molecular formula is C11H17N3S. The van der Waals surface area contributed by atoms with Gasteiger partial charge in [-0.25, -0.2) is 0 Å². The molecule has 0 spiro atoms. The molecule has 1 N–H and O–H groups in total. The molecule has 0 bridgehead atoms. The van der Waals surface area contributed by atoms with Gasteiger partial charge in [-0.2, -0.15) is 5.10 Å². The van der Waals surface area contributed by atoms with Gasteiger partial charge in [-0.15, -0.1) is 18.2 Å². The van der Waals surface area contributed by atoms with E-state index in [2.05, 4.69) is 29.3 Å². The Labute approximate surface area is 95.6 Å². The summed E-state index contributed by atoms with van der Waals surface area (Å²) in [6.07, 6.45) is 5.16. The van der Waals surface area contributed by atoms with Crippen LogP contribution in [0.3, 0.4) is 0 Å². The fraction of sp³-hybridized carbons (Fsp3) is 0.545. The zero-order valence-electron chi connectivity index (χ0n) is 9.45. The highest BCUT2D eigenvalue weighted by molar-refractivity contribution is 7.99. The number of rotatable bonds is 5. The molecule has 0 saturated carbocycles. The molecular weight excluding hydrogens is 206 g/mol. The van der Waals surface area contributed by atoms with E-state index in [9.17, 15) is 0 Å². The van der Waals surface area contributed by atoms with Crippen LogP contribution in [0.15, 0.2) is 11.1 Å². The van der Waals surface area contributed by atoms with Crippen molar-refractivity contribution < 1.29 is 0 Å². The van der Waals surface area contributed by atoms with Crippen LogP contribution in [0.25, 0.3) is 0 Å². The first kappa shape index (κ1) is 12.2. The van der Waals surface area contributed by atoms with Gasteiger partial charge >= 0.3 is 0 Å². The van der Waals surface area contributed by atoms with E-state index in [4.69, 9.17) is 6.42 Å². The lowest BCUT2D eigenvalue weighted by molar-refractivity contribution is 0.687. The SMILES string of the molecule is C#CCNCC(C)Sc1cc(C)nn1C. The molecule has 1 atom stereocenters. The normalized spacial score (nSPS) is 12.4. The maximum Gasteiger partial charge on any atom is 0.0942 e. The zero-order chi connectivity index (χ0) is 11.3. The summed E-state index contributed by atoms with van der Waals surface area (Å²) in [7, 11) is 1.97. The Morgan fingerprint density at radius 3 is 3.00 bits per heavy atom. The summed E-state index contributed by atoms with van der Waals surface area (Å²) in [6, 6.07) is 2.10. The fourth-order valence-corrected chi connectivity index (χ4v) is 2.34. The van der Waals surface area contributed by atoms with Crippen molar-refractivity contribution in [3.05, 3.63) is 11.8 Å². The van der Waals surface area contributed by atoms with E-state index in [1.807, 2.05) is 30.4 Å². The van der Waals surface area contributed by atoms with Gasteiger partial charge in [0.1, 0.15) is 0 Å². The van der Waals surface area contributed by atoms with Crippen molar-refractivity contribution in [1.29, 1.82) is 0 Å². The first-order valence-corrected chi connectivity index (χ1v) is 5.83. The van der Waals surface area contributed by atoms with Gasteiger partial charge in [0.25, 0.3) is 0 Å². The zero-order valence-corrected chi connectivity index (χ0v) is 10.3. The molecule has 1 aromatic heterocycles. The second-order valence-corrected chi connectivity index (χ2v) is 4.97. The number of aryl methyl sites for hydroxylation is 2. The lowest BCUT2D eigenvalue weighted by Crippen LogP contribution is -2.23. The molecule has 15 heavy (non-hydrogen) atoms. The van der Waals surface area contributed by atoms with Crippen LogP contribution in [0.4, 0.5) is 0 Å². The Morgan fingerprint density at radius 2 is 2.47 bits per heavy atom. The predicted octanol–water partition coefficient (Wildman–Crippen LogP) is 1.43. The summed E-state index contributed by atoms with van der Waals surface area (Å²) in [5.74, 6) is 2.56. The molecule has 0 aromatic carbocycles. The standard InChI is InChI=1S/C11H17N3S/c1-5-6-12-8-10(3)15-11-7-9(2)13-14(11)4/h1,7,10,12H,6,8H2,2-4H3. The van der Waals surface area contributed by atoms with Crippen molar-refractivity contribution in [3.8, 4) is 12.3 Å². The summed E-state index contributed by atoms with van der Waals surface area (Å²) in [5, 5.41) is 9.19. The lowest BCUT2D eigenvalue weighted by atomic mass is 10.4. The van der Waals surface area contributed by atoms with Crippen LogP contribution >= 0.6 is 11.8 Å². The highest BCUT2D eigenvalue weighted by atomic mass is 32.2. The fourth-order valence-electron chi connectivity index (χ4n) is 1.29. The molecule has 3 nitrogen and oxygen atoms in total. The Bertz CT molecular complexity index is 351. The highest BCUT2D eigenvalue weighted by Crippen LogP contribution is 2.22. The van der Waals surface area contributed by atoms with Crippen LogP contribution in [0.2, 0.25) is 0 Å². The number of hydrogen-bond acceptors (Lipinski definition) is 3. The summed E-state index contributed by atoms with van der Waals surface area (Å²) in [6.45, 7) is 5.73. The van der Waals surface area contributed by atoms with Crippen molar-refractivity contribution in [2.24, 2.45) is 7.05 Å². The summed E-state index contributed by atoms with van der Waals surface area (Å²) in [4.78, 5) is 0. The van der Waals surface area contributed by atoms with Crippen molar-refractivity contribution in [1.82, 2.24) is 15.1 Å². The molecule has 0 amide bonds. The molecule has 1 aromatic rings. The molecule has 0 aliphatic heterocycles. The van der Waals surface area contributed by atoms with Gasteiger partial charge in [0.05, 0.1) is 17.3 Å². The molecule has 1 heterocycles. The van der Waals surface area contributed by atoms with Crippen molar-refractivity contribution >= 4 is 11.8 Å². The Balaban J connectivity index is 2.41. The van der Waals surface area contributed by atoms with Crippen LogP contribution < -0.4 is 5.32 Å². The molecule has 0 fully saturated rings. The molecule has 0 aliphatic rings. The van der Waals surface area contributed by atoms with Crippen LogP contribution in [0, 0.1) is 19.3 Å². The third-order valence-electron chi connectivity index (χ3n) is 1.94. The van der Waals surface area contributed by atoms with Crippen molar-refractivity contribution in [3.63, 3.8) is 0 Å². The summed E-state index contributed by atoms with van der Waals surface area (Å²) >= 11 is 1.81. The number of hydrogen-bond donors (Lipinski definition) is 1. The summed E-state index contributed by atoms with van der Waals surface area (Å²) < 4.78 is 1.91. The van der Waals surface area contributed by atoms with E-state index in [-0.39, 0.29) is 0 Å². The van der Waals surface area contributed by atoms with Crippen LogP contribution in [0.1, 0.15) is 12.6 Å². The number of nitrogens with one attached hydrogen (secondary N) is 1. The van der Waals surface area contributed by atoms with Gasteiger partial charge < -0.3 is 5.32 Å². The van der Waals surface area contributed by atoms with E-state index in [0.717, 1.165) is 12.2 Å². The molecule has 0 saturated heterocycles. The lowest BCUT2D eigenvalue weighted by Gasteiger charge is -2.10. The Hall–Kier alpha value is -0.920. The number of nitrogens with zero attached hydrogens (tertiary/aromatic N) is 2. The number of thioether (sulfide) groups is 1. The Morgan fingerprint density at radius 1 is 1.73 bits per heavy atom. The first-order valence-electron chi connectivity index (χ1n) is 4.95. The third-order valence-corrected chi connectivity index (χ3v) is 3.13. The average Bonchev–Trinajstić information content (AvgIpc) is 2.45. The molecule has 4 heteroatoms. The quantitative estimate of drug-likeness (QED) is 0.465. The monoisotopic (exact) mass is 223 g/mol. The smallest absolute Gasteiger partial charge is 0.0942 e. The number of terminal acetylenes is 1.